The van der Waals surface area contributed by atoms with E-state index in [1.807, 2.05) is 0 Å². The van der Waals surface area contributed by atoms with Gasteiger partial charge in [-0.05, 0) is 0 Å². The second-order valence-corrected chi connectivity index (χ2v) is 1.02. The molecule has 0 aliphatic heterocycles. The van der Waals surface area contributed by atoms with Crippen molar-refractivity contribution in [2.45, 2.75) is 6.04 Å². The van der Waals surface area contributed by atoms with Gasteiger partial charge in [-0.25, -0.2) is 4.79 Å². The maximum Gasteiger partial charge on any atom is 0.236 e. The molecule has 0 saturated carbocycles. The lowest BCUT2D eigenvalue weighted by Gasteiger charge is -1.83. The number of rotatable bonds is 3. The third-order valence-electron chi connectivity index (χ3n) is 0.536. The van der Waals surface area contributed by atoms with Gasteiger partial charge in [-0.1, -0.05) is 6.08 Å². The van der Waals surface area contributed by atoms with Gasteiger partial charge >= 0.3 is 0 Å². The minimum Gasteiger partial charge on any atom is -0.288 e. The lowest BCUT2D eigenvalue weighted by molar-refractivity contribution is 0.545. The van der Waals surface area contributed by atoms with E-state index in [9.17, 15) is 9.59 Å². The van der Waals surface area contributed by atoms with Crippen LogP contribution in [0.5, 0.6) is 0 Å². The van der Waals surface area contributed by atoms with Gasteiger partial charge in [0.25, 0.3) is 0 Å². The first kappa shape index (κ1) is 6.79. The van der Waals surface area contributed by atoms with E-state index < -0.39 is 6.04 Å². The molecule has 1 radical (unpaired) electrons. The summed E-state index contributed by atoms with van der Waals surface area (Å²) in [7, 11) is 0. The molecule has 0 rings (SSSR count). The van der Waals surface area contributed by atoms with Crippen molar-refractivity contribution in [3.63, 3.8) is 0 Å². The molecule has 0 aromatic carbocycles. The molecule has 0 N–H and O–H groups in total. The summed E-state index contributed by atoms with van der Waals surface area (Å²) in [5.74, 6) is 0. The van der Waals surface area contributed by atoms with E-state index in [-0.39, 0.29) is 0 Å². The molecule has 3 heteroatoms. The smallest absolute Gasteiger partial charge is 0.236 e. The largest absolute Gasteiger partial charge is 0.288 e. The van der Waals surface area contributed by atoms with Crippen molar-refractivity contribution in [3.8, 4) is 0 Å². The summed E-state index contributed by atoms with van der Waals surface area (Å²) < 4.78 is 0. The monoisotopic (exact) mass is 110 g/mol. The molecule has 0 spiro atoms. The fourth-order valence-electron chi connectivity index (χ4n) is 0.184. The molecule has 0 fully saturated rings. The van der Waals surface area contributed by atoms with Crippen LogP contribution in [0.25, 0.3) is 0 Å². The van der Waals surface area contributed by atoms with E-state index >= 15 is 0 Å². The van der Waals surface area contributed by atoms with Crippen molar-refractivity contribution in [1.82, 2.24) is 0 Å². The number of isocyanates is 1. The quantitative estimate of drug-likeness (QED) is 0.291. The highest BCUT2D eigenvalue weighted by molar-refractivity contribution is 5.63. The molecule has 0 aromatic heterocycles. The summed E-state index contributed by atoms with van der Waals surface area (Å²) >= 11 is 0. The minimum absolute atomic E-state index is 0.840. The van der Waals surface area contributed by atoms with Crippen LogP contribution >= 0.6 is 0 Å². The zero-order chi connectivity index (χ0) is 6.41. The van der Waals surface area contributed by atoms with Crippen molar-refractivity contribution in [2.75, 3.05) is 0 Å². The highest BCUT2D eigenvalue weighted by Gasteiger charge is 1.95. The van der Waals surface area contributed by atoms with Crippen molar-refractivity contribution < 1.29 is 9.59 Å². The Morgan fingerprint density at radius 3 is 2.38 bits per heavy atom. The molecule has 0 saturated heterocycles. The average molecular weight is 110 g/mol. The van der Waals surface area contributed by atoms with Gasteiger partial charge in [0, 0.05) is 0 Å². The summed E-state index contributed by atoms with van der Waals surface area (Å²) in [6, 6.07) is -0.840. The number of carbonyl (C=O) groups excluding carboxylic acids is 2. The third kappa shape index (κ3) is 2.05. The lowest BCUT2D eigenvalue weighted by Crippen LogP contribution is -1.98. The number of aliphatic imine (C=N–C) groups is 1. The molecule has 8 heavy (non-hydrogen) atoms. The molecule has 1 atom stereocenters. The predicted octanol–water partition coefficient (Wildman–Crippen LogP) is -0.0135. The van der Waals surface area contributed by atoms with Gasteiger partial charge in [0.1, 0.15) is 6.04 Å². The molecule has 0 aliphatic rings. The first-order chi connectivity index (χ1) is 3.85. The molecule has 3 nitrogen and oxygen atoms in total. The first-order valence-electron chi connectivity index (χ1n) is 1.92. The summed E-state index contributed by atoms with van der Waals surface area (Å²) in [6.45, 7) is 3.22. The number of hydrogen-bond acceptors (Lipinski definition) is 3. The van der Waals surface area contributed by atoms with E-state index in [0.717, 1.165) is 0 Å². The van der Waals surface area contributed by atoms with Crippen LogP contribution in [0.3, 0.4) is 0 Å². The minimum atomic E-state index is -0.840. The Labute approximate surface area is 46.7 Å². The Bertz CT molecular complexity index is 127. The maximum absolute atomic E-state index is 9.66. The van der Waals surface area contributed by atoms with E-state index in [4.69, 9.17) is 0 Å². The molecular weight excluding hydrogens is 106 g/mol. The van der Waals surface area contributed by atoms with Crippen LogP contribution in [0.1, 0.15) is 0 Å². The first-order valence-corrected chi connectivity index (χ1v) is 1.92. The topological polar surface area (TPSA) is 46.5 Å². The molecule has 41 valence electrons. The Kier molecular flexibility index (Phi) is 3.36. The van der Waals surface area contributed by atoms with E-state index in [2.05, 4.69) is 11.6 Å². The van der Waals surface area contributed by atoms with Gasteiger partial charge in [0.05, 0.1) is 0 Å². The fraction of sp³-hybridized carbons (Fsp3) is 0.200. The molecular formula is C5H4NO2. The van der Waals surface area contributed by atoms with E-state index in [0.29, 0.717) is 0 Å². The number of nitrogens with zero attached hydrogens (tertiary/aromatic N) is 1. The maximum atomic E-state index is 9.66. The highest BCUT2D eigenvalue weighted by atomic mass is 16.1. The SMILES string of the molecule is C=CC([C]=O)N=C=O. The van der Waals surface area contributed by atoms with Crippen molar-refractivity contribution in [2.24, 2.45) is 4.99 Å². The van der Waals surface area contributed by atoms with Gasteiger partial charge < -0.3 is 0 Å². The zero-order valence-electron chi connectivity index (χ0n) is 4.13. The summed E-state index contributed by atoms with van der Waals surface area (Å²) in [5.41, 5.74) is 0. The average Bonchev–Trinajstić information content (AvgIpc) is 1.83. The zero-order valence-corrected chi connectivity index (χ0v) is 4.13. The number of hydrogen-bond donors (Lipinski definition) is 0. The van der Waals surface area contributed by atoms with Gasteiger partial charge in [0.15, 0.2) is 0 Å². The van der Waals surface area contributed by atoms with Crippen LogP contribution in [-0.4, -0.2) is 18.4 Å². The van der Waals surface area contributed by atoms with Crippen molar-refractivity contribution in [3.05, 3.63) is 12.7 Å². The van der Waals surface area contributed by atoms with Gasteiger partial charge in [-0.2, -0.15) is 4.99 Å². The van der Waals surface area contributed by atoms with Crippen molar-refractivity contribution >= 4 is 12.4 Å². The van der Waals surface area contributed by atoms with Gasteiger partial charge in [-0.3, -0.25) is 4.79 Å². The Morgan fingerprint density at radius 1 is 1.62 bits per heavy atom. The third-order valence-corrected chi connectivity index (χ3v) is 0.536. The van der Waals surface area contributed by atoms with Crippen LogP contribution in [-0.2, 0) is 9.59 Å². The summed E-state index contributed by atoms with van der Waals surface area (Å²) in [5, 5.41) is 0. The Balaban J connectivity index is 3.87. The summed E-state index contributed by atoms with van der Waals surface area (Å²) in [6.07, 6.45) is 3.87. The fourth-order valence-corrected chi connectivity index (χ4v) is 0.184. The standard InChI is InChI=1S/C5H4NO2/c1-2-5(3-7)6-4-8/h2,5H,1H2. The highest BCUT2D eigenvalue weighted by Crippen LogP contribution is 1.82. The molecule has 0 heterocycles. The molecule has 0 aromatic rings. The lowest BCUT2D eigenvalue weighted by atomic mass is 10.3. The molecule has 0 aliphatic carbocycles. The van der Waals surface area contributed by atoms with Crippen LogP contribution in [0.4, 0.5) is 0 Å². The molecule has 0 amide bonds. The Morgan fingerprint density at radius 2 is 2.25 bits per heavy atom. The van der Waals surface area contributed by atoms with E-state index in [1.165, 1.54) is 18.4 Å². The second-order valence-electron chi connectivity index (χ2n) is 1.02. The van der Waals surface area contributed by atoms with E-state index in [1.54, 1.807) is 0 Å². The van der Waals surface area contributed by atoms with Gasteiger partial charge in [-0.15, -0.1) is 6.58 Å². The summed E-state index contributed by atoms with van der Waals surface area (Å²) in [4.78, 5) is 22.1. The molecule has 0 bridgehead atoms. The van der Waals surface area contributed by atoms with Crippen LogP contribution in [0.15, 0.2) is 17.6 Å². The van der Waals surface area contributed by atoms with Crippen LogP contribution < -0.4 is 0 Å². The van der Waals surface area contributed by atoms with Crippen LogP contribution in [0.2, 0.25) is 0 Å². The normalized spacial score (nSPS) is 11.0. The van der Waals surface area contributed by atoms with Crippen LogP contribution in [0, 0.1) is 0 Å². The van der Waals surface area contributed by atoms with Gasteiger partial charge in [0.2, 0.25) is 12.4 Å². The Hall–Kier alpha value is -1.21. The molecule has 1 unspecified atom stereocenters. The van der Waals surface area contributed by atoms with Crippen molar-refractivity contribution in [1.29, 1.82) is 0 Å². The predicted molar refractivity (Wildman–Crippen MR) is 27.8 cm³/mol. The second kappa shape index (κ2) is 3.96.